The van der Waals surface area contributed by atoms with Gasteiger partial charge in [-0.15, -0.1) is 0 Å². The molecule has 0 bridgehead atoms. The third-order valence-electron chi connectivity index (χ3n) is 4.87. The Morgan fingerprint density at radius 1 is 1.42 bits per heavy atom. The number of aryl methyl sites for hydroxylation is 1. The molecule has 1 aromatic heterocycles. The smallest absolute Gasteiger partial charge is 0.0868 e. The molecular weight excluding hydrogens is 258 g/mol. The highest BCUT2D eigenvalue weighted by molar-refractivity contribution is 6.35. The van der Waals surface area contributed by atoms with Crippen LogP contribution in [0.25, 0.3) is 10.9 Å². The van der Waals surface area contributed by atoms with E-state index in [4.69, 9.17) is 11.6 Å². The van der Waals surface area contributed by atoms with E-state index in [9.17, 15) is 0 Å². The van der Waals surface area contributed by atoms with Crippen molar-refractivity contribution in [2.45, 2.75) is 19.3 Å². The van der Waals surface area contributed by atoms with E-state index in [1.165, 1.54) is 31.5 Å². The summed E-state index contributed by atoms with van der Waals surface area (Å²) in [4.78, 5) is 0. The number of aromatic nitrogens is 2. The summed E-state index contributed by atoms with van der Waals surface area (Å²) in [6.07, 6.45) is 5.71. The van der Waals surface area contributed by atoms with Crippen molar-refractivity contribution in [1.29, 1.82) is 0 Å². The highest BCUT2D eigenvalue weighted by Crippen LogP contribution is 2.50. The van der Waals surface area contributed by atoms with E-state index < -0.39 is 0 Å². The Bertz CT molecular complexity index is 634. The van der Waals surface area contributed by atoms with E-state index in [0.717, 1.165) is 28.3 Å². The molecule has 1 aliphatic carbocycles. The van der Waals surface area contributed by atoms with Gasteiger partial charge in [-0.2, -0.15) is 5.10 Å². The van der Waals surface area contributed by atoms with Crippen LogP contribution in [0, 0.1) is 11.3 Å². The van der Waals surface area contributed by atoms with Crippen LogP contribution in [0.2, 0.25) is 5.02 Å². The Labute approximate surface area is 117 Å². The van der Waals surface area contributed by atoms with Crippen LogP contribution in [0.4, 0.5) is 0 Å². The van der Waals surface area contributed by atoms with Crippen LogP contribution in [-0.4, -0.2) is 22.9 Å². The first-order valence-corrected chi connectivity index (χ1v) is 7.34. The molecule has 2 aliphatic rings. The maximum absolute atomic E-state index is 6.56. The van der Waals surface area contributed by atoms with E-state index in [1.54, 1.807) is 0 Å². The van der Waals surface area contributed by atoms with Gasteiger partial charge in [-0.05, 0) is 36.2 Å². The third kappa shape index (κ3) is 1.72. The quantitative estimate of drug-likeness (QED) is 0.913. The summed E-state index contributed by atoms with van der Waals surface area (Å²) < 4.78 is 1.87. The van der Waals surface area contributed by atoms with Gasteiger partial charge in [0.15, 0.2) is 0 Å². The van der Waals surface area contributed by atoms with Crippen molar-refractivity contribution in [3.05, 3.63) is 28.9 Å². The van der Waals surface area contributed by atoms with Crippen LogP contribution in [0.3, 0.4) is 0 Å². The van der Waals surface area contributed by atoms with Crippen molar-refractivity contribution in [1.82, 2.24) is 15.1 Å². The fourth-order valence-corrected chi connectivity index (χ4v) is 4.18. The van der Waals surface area contributed by atoms with Crippen molar-refractivity contribution in [3.63, 3.8) is 0 Å². The van der Waals surface area contributed by atoms with Gasteiger partial charge in [-0.3, -0.25) is 4.68 Å². The Balaban J connectivity index is 1.58. The van der Waals surface area contributed by atoms with Gasteiger partial charge in [0.25, 0.3) is 0 Å². The number of hydrogen-bond acceptors (Lipinski definition) is 2. The van der Waals surface area contributed by atoms with Crippen LogP contribution in [0.15, 0.2) is 18.3 Å². The monoisotopic (exact) mass is 275 g/mol. The third-order valence-corrected chi connectivity index (χ3v) is 5.29. The second-order valence-electron chi connectivity index (χ2n) is 6.33. The summed E-state index contributed by atoms with van der Waals surface area (Å²) in [7, 11) is 1.95. The molecule has 1 saturated carbocycles. The number of nitrogens with zero attached hydrogens (tertiary/aromatic N) is 2. The highest BCUT2D eigenvalue weighted by atomic mass is 35.5. The number of benzene rings is 1. The lowest BCUT2D eigenvalue weighted by molar-refractivity contribution is 0.000911. The van der Waals surface area contributed by atoms with E-state index in [1.807, 2.05) is 17.9 Å². The minimum Gasteiger partial charge on any atom is -0.316 e. The predicted molar refractivity (Wildman–Crippen MR) is 77.5 cm³/mol. The van der Waals surface area contributed by atoms with Crippen molar-refractivity contribution >= 4 is 22.5 Å². The normalized spacial score (nSPS) is 21.6. The van der Waals surface area contributed by atoms with Gasteiger partial charge >= 0.3 is 0 Å². The Morgan fingerprint density at radius 2 is 2.21 bits per heavy atom. The van der Waals surface area contributed by atoms with Crippen LogP contribution in [0.1, 0.15) is 18.4 Å². The van der Waals surface area contributed by atoms with E-state index in [0.29, 0.717) is 5.41 Å². The first kappa shape index (κ1) is 11.7. The minimum atomic E-state index is 0.647. The molecule has 1 spiro atoms. The molecule has 2 fully saturated rings. The average molecular weight is 276 g/mol. The van der Waals surface area contributed by atoms with Gasteiger partial charge in [-0.1, -0.05) is 23.7 Å². The number of rotatable bonds is 2. The van der Waals surface area contributed by atoms with Gasteiger partial charge in [0.2, 0.25) is 0 Å². The first-order valence-electron chi connectivity index (χ1n) is 6.97. The molecular formula is C15H18ClN3. The van der Waals surface area contributed by atoms with Crippen molar-refractivity contribution in [2.24, 2.45) is 18.4 Å². The van der Waals surface area contributed by atoms with Crippen molar-refractivity contribution in [2.75, 3.05) is 13.1 Å². The lowest BCUT2D eigenvalue weighted by atomic mass is 9.57. The van der Waals surface area contributed by atoms with Crippen LogP contribution >= 0.6 is 11.6 Å². The van der Waals surface area contributed by atoms with Crippen LogP contribution < -0.4 is 5.32 Å². The van der Waals surface area contributed by atoms with Gasteiger partial charge in [0.1, 0.15) is 0 Å². The summed E-state index contributed by atoms with van der Waals surface area (Å²) in [6, 6.07) is 4.32. The highest BCUT2D eigenvalue weighted by Gasteiger charge is 2.47. The zero-order chi connectivity index (χ0) is 13.0. The van der Waals surface area contributed by atoms with E-state index in [2.05, 4.69) is 22.5 Å². The molecule has 0 unspecified atom stereocenters. The Hall–Kier alpha value is -1.06. The number of nitrogens with one attached hydrogen (secondary N) is 1. The van der Waals surface area contributed by atoms with Crippen molar-refractivity contribution < 1.29 is 0 Å². The van der Waals surface area contributed by atoms with Crippen molar-refractivity contribution in [3.8, 4) is 0 Å². The number of fused-ring (bicyclic) bond motifs is 1. The molecule has 4 heteroatoms. The molecule has 1 N–H and O–H groups in total. The SMILES string of the molecule is Cn1ncc2ccc(CC3CC4(CNC4)C3)c(Cl)c21. The molecule has 3 nitrogen and oxygen atoms in total. The summed E-state index contributed by atoms with van der Waals surface area (Å²) in [5, 5.41) is 9.69. The molecule has 0 atom stereocenters. The zero-order valence-electron chi connectivity index (χ0n) is 11.1. The van der Waals surface area contributed by atoms with E-state index in [-0.39, 0.29) is 0 Å². The molecule has 100 valence electrons. The van der Waals surface area contributed by atoms with Crippen LogP contribution in [0.5, 0.6) is 0 Å². The molecule has 1 aromatic carbocycles. The largest absolute Gasteiger partial charge is 0.316 e. The Morgan fingerprint density at radius 3 is 2.89 bits per heavy atom. The number of halogens is 1. The van der Waals surface area contributed by atoms with Gasteiger partial charge in [0, 0.05) is 25.5 Å². The summed E-state index contributed by atoms with van der Waals surface area (Å²) >= 11 is 6.56. The summed E-state index contributed by atoms with van der Waals surface area (Å²) in [5.74, 6) is 0.810. The predicted octanol–water partition coefficient (Wildman–Crippen LogP) is 2.77. The van der Waals surface area contributed by atoms with Gasteiger partial charge < -0.3 is 5.32 Å². The van der Waals surface area contributed by atoms with Gasteiger partial charge in [0.05, 0.1) is 16.7 Å². The lowest BCUT2D eigenvalue weighted by Crippen LogP contribution is -2.60. The fourth-order valence-electron chi connectivity index (χ4n) is 3.81. The fraction of sp³-hybridized carbons (Fsp3) is 0.533. The maximum Gasteiger partial charge on any atom is 0.0868 e. The zero-order valence-corrected chi connectivity index (χ0v) is 11.9. The van der Waals surface area contributed by atoms with Gasteiger partial charge in [-0.25, -0.2) is 0 Å². The second kappa shape index (κ2) is 3.97. The van der Waals surface area contributed by atoms with Crippen LogP contribution in [-0.2, 0) is 13.5 Å². The Kier molecular flexibility index (Phi) is 2.45. The molecule has 4 rings (SSSR count). The topological polar surface area (TPSA) is 29.9 Å². The first-order chi connectivity index (χ1) is 9.17. The standard InChI is InChI=1S/C15H18ClN3/c1-19-14-12(7-18-19)3-2-11(13(14)16)4-10-5-15(6-10)8-17-9-15/h2-3,7,10,17H,4-6,8-9H2,1H3. The second-order valence-corrected chi connectivity index (χ2v) is 6.70. The molecule has 0 radical (unpaired) electrons. The molecule has 0 amide bonds. The molecule has 19 heavy (non-hydrogen) atoms. The molecule has 1 saturated heterocycles. The average Bonchev–Trinajstić information content (AvgIpc) is 2.66. The lowest BCUT2D eigenvalue weighted by Gasteiger charge is -2.54. The molecule has 1 aliphatic heterocycles. The summed E-state index contributed by atoms with van der Waals surface area (Å²) in [5.41, 5.74) is 3.00. The molecule has 2 aromatic rings. The minimum absolute atomic E-state index is 0.647. The maximum atomic E-state index is 6.56. The number of hydrogen-bond donors (Lipinski definition) is 1. The molecule has 2 heterocycles. The van der Waals surface area contributed by atoms with E-state index >= 15 is 0 Å². The summed E-state index contributed by atoms with van der Waals surface area (Å²) in [6.45, 7) is 2.44.